The molecule has 0 aliphatic heterocycles. The summed E-state index contributed by atoms with van der Waals surface area (Å²) in [7, 11) is 0. The third kappa shape index (κ3) is 2.93. The maximum absolute atomic E-state index is 4.48. The van der Waals surface area contributed by atoms with E-state index in [1.54, 1.807) is 6.20 Å². The van der Waals surface area contributed by atoms with Crippen LogP contribution in [0.3, 0.4) is 0 Å². The predicted octanol–water partition coefficient (Wildman–Crippen LogP) is 4.53. The summed E-state index contributed by atoms with van der Waals surface area (Å²) >= 11 is 3.43. The molecule has 5 heteroatoms. The van der Waals surface area contributed by atoms with Gasteiger partial charge in [-0.05, 0) is 39.0 Å². The van der Waals surface area contributed by atoms with Gasteiger partial charge in [0.25, 0.3) is 0 Å². The largest absolute Gasteiger partial charge is 0.337 e. The lowest BCUT2D eigenvalue weighted by atomic mass is 9.87. The Hall–Kier alpha value is -1.88. The van der Waals surface area contributed by atoms with Crippen molar-refractivity contribution in [2.75, 3.05) is 5.32 Å². The normalized spacial score (nSPS) is 11.8. The topological polar surface area (TPSA) is 42.2 Å². The van der Waals surface area contributed by atoms with Crippen molar-refractivity contribution in [1.29, 1.82) is 0 Å². The van der Waals surface area contributed by atoms with Gasteiger partial charge in [0.05, 0.1) is 0 Å². The van der Waals surface area contributed by atoms with Crippen LogP contribution in [0.1, 0.15) is 26.3 Å². The third-order valence-electron chi connectivity index (χ3n) is 3.34. The molecule has 1 N–H and O–H groups in total. The van der Waals surface area contributed by atoms with Crippen LogP contribution in [0.25, 0.3) is 5.65 Å². The van der Waals surface area contributed by atoms with E-state index in [-0.39, 0.29) is 5.41 Å². The number of nitrogens with zero attached hydrogens (tertiary/aromatic N) is 3. The Morgan fingerprint density at radius 2 is 2.05 bits per heavy atom. The molecule has 2 aromatic heterocycles. The number of rotatable bonds is 2. The number of benzene rings is 1. The van der Waals surface area contributed by atoms with Crippen LogP contribution < -0.4 is 5.32 Å². The molecule has 0 amide bonds. The Morgan fingerprint density at radius 1 is 1.24 bits per heavy atom. The lowest BCUT2D eigenvalue weighted by Crippen LogP contribution is -2.11. The van der Waals surface area contributed by atoms with Crippen molar-refractivity contribution < 1.29 is 0 Å². The highest BCUT2D eigenvalue weighted by molar-refractivity contribution is 9.10. The van der Waals surface area contributed by atoms with Gasteiger partial charge in [-0.25, -0.2) is 9.97 Å². The quantitative estimate of drug-likeness (QED) is 0.742. The van der Waals surface area contributed by atoms with Crippen LogP contribution in [0.15, 0.2) is 47.5 Å². The molecule has 2 heterocycles. The molecule has 108 valence electrons. The number of imidazole rings is 1. The van der Waals surface area contributed by atoms with Crippen LogP contribution in [0.4, 0.5) is 11.5 Å². The molecule has 0 atom stereocenters. The average Bonchev–Trinajstić information content (AvgIpc) is 2.86. The summed E-state index contributed by atoms with van der Waals surface area (Å²) in [5, 5.41) is 3.36. The minimum Gasteiger partial charge on any atom is -0.337 e. The zero-order chi connectivity index (χ0) is 15.0. The van der Waals surface area contributed by atoms with Gasteiger partial charge >= 0.3 is 0 Å². The predicted molar refractivity (Wildman–Crippen MR) is 89.1 cm³/mol. The summed E-state index contributed by atoms with van der Waals surface area (Å²) in [5.41, 5.74) is 3.21. The minimum atomic E-state index is 0.116. The van der Waals surface area contributed by atoms with Crippen molar-refractivity contribution >= 4 is 33.1 Å². The Labute approximate surface area is 132 Å². The summed E-state index contributed by atoms with van der Waals surface area (Å²) in [6.45, 7) is 6.61. The molecule has 0 saturated carbocycles. The zero-order valence-corrected chi connectivity index (χ0v) is 13.8. The summed E-state index contributed by atoms with van der Waals surface area (Å²) < 4.78 is 2.70. The van der Waals surface area contributed by atoms with Crippen molar-refractivity contribution in [1.82, 2.24) is 14.4 Å². The van der Waals surface area contributed by atoms with Crippen molar-refractivity contribution in [3.05, 3.63) is 53.0 Å². The average molecular weight is 345 g/mol. The second-order valence-electron chi connectivity index (χ2n) is 6.03. The zero-order valence-electron chi connectivity index (χ0n) is 12.3. The fourth-order valence-electron chi connectivity index (χ4n) is 2.19. The first kappa shape index (κ1) is 14.1. The first-order chi connectivity index (χ1) is 9.93. The smallest absolute Gasteiger partial charge is 0.180 e. The Balaban J connectivity index is 2.01. The van der Waals surface area contributed by atoms with Gasteiger partial charge in [0, 0.05) is 24.3 Å². The number of anilines is 2. The standard InChI is InChI=1S/C16H17BrN4/c1-16(2,3)11-5-4-6-12(9-11)19-14-15-18-7-8-21(15)10-13(17)20-14/h4-10H,1-3H3,(H,19,20). The van der Waals surface area contributed by atoms with Crippen LogP contribution in [-0.2, 0) is 5.41 Å². The van der Waals surface area contributed by atoms with Crippen molar-refractivity contribution in [3.63, 3.8) is 0 Å². The number of aromatic nitrogens is 3. The van der Waals surface area contributed by atoms with Crippen molar-refractivity contribution in [3.8, 4) is 0 Å². The fraction of sp³-hybridized carbons (Fsp3) is 0.250. The Kier molecular flexibility index (Phi) is 3.45. The van der Waals surface area contributed by atoms with Gasteiger partial charge in [0.1, 0.15) is 4.60 Å². The number of nitrogens with one attached hydrogen (secondary N) is 1. The van der Waals surface area contributed by atoms with Gasteiger partial charge in [0.2, 0.25) is 0 Å². The molecule has 0 unspecified atom stereocenters. The molecule has 0 aliphatic carbocycles. The van der Waals surface area contributed by atoms with Gasteiger partial charge in [-0.1, -0.05) is 32.9 Å². The first-order valence-electron chi connectivity index (χ1n) is 6.80. The molecular weight excluding hydrogens is 328 g/mol. The fourth-order valence-corrected chi connectivity index (χ4v) is 2.58. The minimum absolute atomic E-state index is 0.116. The second-order valence-corrected chi connectivity index (χ2v) is 6.84. The van der Waals surface area contributed by atoms with Crippen LogP contribution >= 0.6 is 15.9 Å². The van der Waals surface area contributed by atoms with Gasteiger partial charge < -0.3 is 9.72 Å². The summed E-state index contributed by atoms with van der Waals surface area (Å²) in [6.07, 6.45) is 5.55. The molecule has 21 heavy (non-hydrogen) atoms. The Bertz CT molecular complexity index is 786. The van der Waals surface area contributed by atoms with Gasteiger partial charge in [-0.3, -0.25) is 0 Å². The molecule has 3 aromatic rings. The number of hydrogen-bond acceptors (Lipinski definition) is 3. The molecular formula is C16H17BrN4. The van der Waals surface area contributed by atoms with E-state index in [4.69, 9.17) is 0 Å². The van der Waals surface area contributed by atoms with Crippen LogP contribution in [-0.4, -0.2) is 14.4 Å². The maximum atomic E-state index is 4.48. The summed E-state index contributed by atoms with van der Waals surface area (Å²) in [4.78, 5) is 8.83. The highest BCUT2D eigenvalue weighted by Gasteiger charge is 2.14. The highest BCUT2D eigenvalue weighted by Crippen LogP contribution is 2.27. The number of hydrogen-bond donors (Lipinski definition) is 1. The van der Waals surface area contributed by atoms with Gasteiger partial charge in [-0.2, -0.15) is 0 Å². The van der Waals surface area contributed by atoms with Crippen LogP contribution in [0.2, 0.25) is 0 Å². The van der Waals surface area contributed by atoms with Crippen LogP contribution in [0, 0.1) is 0 Å². The van der Waals surface area contributed by atoms with E-state index < -0.39 is 0 Å². The third-order valence-corrected chi connectivity index (χ3v) is 3.72. The van der Waals surface area contributed by atoms with E-state index in [9.17, 15) is 0 Å². The molecule has 0 bridgehead atoms. The molecule has 4 nitrogen and oxygen atoms in total. The van der Waals surface area contributed by atoms with E-state index in [1.165, 1.54) is 5.56 Å². The van der Waals surface area contributed by atoms with E-state index in [0.717, 1.165) is 21.8 Å². The molecule has 0 fully saturated rings. The van der Waals surface area contributed by atoms with Crippen LogP contribution in [0.5, 0.6) is 0 Å². The lowest BCUT2D eigenvalue weighted by Gasteiger charge is -2.20. The summed E-state index contributed by atoms with van der Waals surface area (Å²) in [5.74, 6) is 0.737. The molecule has 0 spiro atoms. The monoisotopic (exact) mass is 344 g/mol. The van der Waals surface area contributed by atoms with E-state index in [0.29, 0.717) is 0 Å². The van der Waals surface area contributed by atoms with E-state index in [1.807, 2.05) is 22.9 Å². The SMILES string of the molecule is CC(C)(C)c1cccc(Nc2nc(Br)cn3ccnc23)c1. The van der Waals surface area contributed by atoms with Crippen molar-refractivity contribution in [2.45, 2.75) is 26.2 Å². The van der Waals surface area contributed by atoms with E-state index >= 15 is 0 Å². The highest BCUT2D eigenvalue weighted by atomic mass is 79.9. The maximum Gasteiger partial charge on any atom is 0.180 e. The van der Waals surface area contributed by atoms with Crippen molar-refractivity contribution in [2.24, 2.45) is 0 Å². The molecule has 0 saturated heterocycles. The molecule has 0 aliphatic rings. The lowest BCUT2D eigenvalue weighted by molar-refractivity contribution is 0.590. The summed E-state index contributed by atoms with van der Waals surface area (Å²) in [6, 6.07) is 8.40. The second kappa shape index (κ2) is 5.15. The van der Waals surface area contributed by atoms with E-state index in [2.05, 4.69) is 70.2 Å². The number of halogens is 1. The number of fused-ring (bicyclic) bond motifs is 1. The Morgan fingerprint density at radius 3 is 2.81 bits per heavy atom. The molecule has 3 rings (SSSR count). The van der Waals surface area contributed by atoms with Gasteiger partial charge in [-0.15, -0.1) is 0 Å². The first-order valence-corrected chi connectivity index (χ1v) is 7.59. The molecule has 1 aromatic carbocycles. The molecule has 0 radical (unpaired) electrons. The van der Waals surface area contributed by atoms with Gasteiger partial charge in [0.15, 0.2) is 11.5 Å².